The third-order valence-corrected chi connectivity index (χ3v) is 4.34. The van der Waals surface area contributed by atoms with Crippen LogP contribution in [0.25, 0.3) is 0 Å². The highest BCUT2D eigenvalue weighted by Crippen LogP contribution is 2.28. The van der Waals surface area contributed by atoms with Crippen molar-refractivity contribution in [3.05, 3.63) is 54.0 Å². The predicted molar refractivity (Wildman–Crippen MR) is 90.7 cm³/mol. The maximum Gasteiger partial charge on any atom is 0.253 e. The molecule has 3 heterocycles. The highest BCUT2D eigenvalue weighted by atomic mass is 16.2. The molecular formula is C18H22N4O. The van der Waals surface area contributed by atoms with Gasteiger partial charge in [-0.05, 0) is 37.1 Å². The molecule has 0 N–H and O–H groups in total. The largest absolute Gasteiger partial charge is 0.363 e. The van der Waals surface area contributed by atoms with Gasteiger partial charge < -0.3 is 9.80 Å². The number of amides is 1. The van der Waals surface area contributed by atoms with Crippen molar-refractivity contribution in [3.63, 3.8) is 0 Å². The molecule has 1 saturated heterocycles. The molecule has 5 heteroatoms. The molecular weight excluding hydrogens is 288 g/mol. The van der Waals surface area contributed by atoms with Crippen molar-refractivity contribution in [2.24, 2.45) is 0 Å². The number of anilines is 1. The van der Waals surface area contributed by atoms with E-state index in [1.54, 1.807) is 24.5 Å². The Bertz CT molecular complexity index is 664. The van der Waals surface area contributed by atoms with Crippen LogP contribution in [-0.4, -0.2) is 48.0 Å². The Morgan fingerprint density at radius 1 is 1.13 bits per heavy atom. The van der Waals surface area contributed by atoms with Crippen LogP contribution in [0.2, 0.25) is 0 Å². The minimum absolute atomic E-state index is 0.0980. The number of pyridine rings is 2. The first kappa shape index (κ1) is 15.5. The van der Waals surface area contributed by atoms with Crippen molar-refractivity contribution >= 4 is 11.7 Å². The Hall–Kier alpha value is -2.43. The lowest BCUT2D eigenvalue weighted by atomic mass is 9.92. The summed E-state index contributed by atoms with van der Waals surface area (Å²) < 4.78 is 0. The van der Waals surface area contributed by atoms with Gasteiger partial charge in [-0.3, -0.25) is 9.78 Å². The van der Waals surface area contributed by atoms with Crippen molar-refractivity contribution in [2.45, 2.75) is 18.8 Å². The monoisotopic (exact) mass is 310 g/mol. The molecule has 0 bridgehead atoms. The van der Waals surface area contributed by atoms with E-state index in [2.05, 4.69) is 17.1 Å². The van der Waals surface area contributed by atoms with Crippen LogP contribution in [-0.2, 0) is 0 Å². The summed E-state index contributed by atoms with van der Waals surface area (Å²) >= 11 is 0. The summed E-state index contributed by atoms with van der Waals surface area (Å²) in [7, 11) is 4.00. The number of likely N-dealkylation sites (tertiary alicyclic amines) is 1. The van der Waals surface area contributed by atoms with E-state index < -0.39 is 0 Å². The lowest BCUT2D eigenvalue weighted by Gasteiger charge is -2.32. The second-order valence-corrected chi connectivity index (χ2v) is 6.12. The Kier molecular flexibility index (Phi) is 4.55. The summed E-state index contributed by atoms with van der Waals surface area (Å²) in [5.74, 6) is 1.51. The van der Waals surface area contributed by atoms with Crippen LogP contribution in [0.4, 0.5) is 5.82 Å². The number of rotatable bonds is 3. The first-order chi connectivity index (χ1) is 11.1. The van der Waals surface area contributed by atoms with Crippen LogP contribution < -0.4 is 4.90 Å². The molecule has 0 spiro atoms. The van der Waals surface area contributed by atoms with E-state index in [4.69, 9.17) is 4.98 Å². The van der Waals surface area contributed by atoms with Gasteiger partial charge in [0, 0.05) is 56.8 Å². The summed E-state index contributed by atoms with van der Waals surface area (Å²) in [6.07, 6.45) is 5.24. The van der Waals surface area contributed by atoms with Gasteiger partial charge in [0.1, 0.15) is 5.82 Å². The summed E-state index contributed by atoms with van der Waals surface area (Å²) in [4.78, 5) is 25.1. The van der Waals surface area contributed by atoms with E-state index in [0.29, 0.717) is 11.5 Å². The molecule has 0 radical (unpaired) electrons. The summed E-state index contributed by atoms with van der Waals surface area (Å²) in [6.45, 7) is 1.55. The van der Waals surface area contributed by atoms with Gasteiger partial charge in [0.2, 0.25) is 0 Å². The van der Waals surface area contributed by atoms with Gasteiger partial charge in [-0.15, -0.1) is 0 Å². The van der Waals surface area contributed by atoms with Gasteiger partial charge in [-0.25, -0.2) is 4.98 Å². The van der Waals surface area contributed by atoms with Crippen LogP contribution >= 0.6 is 0 Å². The second kappa shape index (κ2) is 6.77. The third-order valence-electron chi connectivity index (χ3n) is 4.34. The number of piperidine rings is 1. The molecule has 5 nitrogen and oxygen atoms in total. The molecule has 1 amide bonds. The van der Waals surface area contributed by atoms with E-state index in [0.717, 1.165) is 37.4 Å². The number of hydrogen-bond donors (Lipinski definition) is 0. The molecule has 1 aliphatic heterocycles. The second-order valence-electron chi connectivity index (χ2n) is 6.12. The van der Waals surface area contributed by atoms with Gasteiger partial charge in [-0.1, -0.05) is 6.07 Å². The standard InChI is InChI=1S/C18H22N4O/c1-21(2)17-5-3-4-16(20-17)14-8-12-22(13-9-14)18(23)15-6-10-19-11-7-15/h3-7,10-11,14H,8-9,12-13H2,1-2H3. The maximum absolute atomic E-state index is 12.5. The number of carbonyl (C=O) groups excluding carboxylic acids is 1. The Balaban J connectivity index is 1.64. The van der Waals surface area contributed by atoms with Gasteiger partial charge in [-0.2, -0.15) is 0 Å². The molecule has 1 aliphatic rings. The van der Waals surface area contributed by atoms with Crippen LogP contribution in [0.3, 0.4) is 0 Å². The molecule has 0 aromatic carbocycles. The van der Waals surface area contributed by atoms with Crippen molar-refractivity contribution in [3.8, 4) is 0 Å². The van der Waals surface area contributed by atoms with Crippen LogP contribution in [0.15, 0.2) is 42.7 Å². The molecule has 3 rings (SSSR count). The van der Waals surface area contributed by atoms with E-state index in [-0.39, 0.29) is 5.91 Å². The fourth-order valence-corrected chi connectivity index (χ4v) is 2.97. The average Bonchev–Trinajstić information content (AvgIpc) is 2.62. The van der Waals surface area contributed by atoms with E-state index in [1.165, 1.54) is 0 Å². The van der Waals surface area contributed by atoms with Crippen molar-refractivity contribution in [1.29, 1.82) is 0 Å². The van der Waals surface area contributed by atoms with Crippen LogP contribution in [0, 0.1) is 0 Å². The van der Waals surface area contributed by atoms with Crippen molar-refractivity contribution in [1.82, 2.24) is 14.9 Å². The molecule has 2 aromatic rings. The van der Waals surface area contributed by atoms with Gasteiger partial charge >= 0.3 is 0 Å². The normalized spacial score (nSPS) is 15.5. The first-order valence-corrected chi connectivity index (χ1v) is 7.99. The third kappa shape index (κ3) is 3.50. The zero-order valence-corrected chi connectivity index (χ0v) is 13.6. The molecule has 0 saturated carbocycles. The molecule has 1 fully saturated rings. The smallest absolute Gasteiger partial charge is 0.253 e. The lowest BCUT2D eigenvalue weighted by Crippen LogP contribution is -2.38. The quantitative estimate of drug-likeness (QED) is 0.874. The van der Waals surface area contributed by atoms with Crippen LogP contribution in [0.1, 0.15) is 34.8 Å². The Morgan fingerprint density at radius 3 is 2.48 bits per heavy atom. The summed E-state index contributed by atoms with van der Waals surface area (Å²) in [5.41, 5.74) is 1.85. The van der Waals surface area contributed by atoms with Crippen molar-refractivity contribution < 1.29 is 4.79 Å². The van der Waals surface area contributed by atoms with E-state index >= 15 is 0 Å². The molecule has 0 unspecified atom stereocenters. The number of aromatic nitrogens is 2. The highest BCUT2D eigenvalue weighted by molar-refractivity contribution is 5.94. The maximum atomic E-state index is 12.5. The zero-order valence-electron chi connectivity index (χ0n) is 13.6. The molecule has 0 atom stereocenters. The molecule has 23 heavy (non-hydrogen) atoms. The molecule has 2 aromatic heterocycles. The topological polar surface area (TPSA) is 49.3 Å². The highest BCUT2D eigenvalue weighted by Gasteiger charge is 2.25. The summed E-state index contributed by atoms with van der Waals surface area (Å²) in [6, 6.07) is 9.73. The average molecular weight is 310 g/mol. The van der Waals surface area contributed by atoms with Crippen LogP contribution in [0.5, 0.6) is 0 Å². The number of hydrogen-bond acceptors (Lipinski definition) is 4. The summed E-state index contributed by atoms with van der Waals surface area (Å²) in [5, 5.41) is 0. The fourth-order valence-electron chi connectivity index (χ4n) is 2.97. The Labute approximate surface area is 137 Å². The minimum atomic E-state index is 0.0980. The molecule has 0 aliphatic carbocycles. The van der Waals surface area contributed by atoms with E-state index in [1.807, 2.05) is 30.0 Å². The van der Waals surface area contributed by atoms with E-state index in [9.17, 15) is 4.79 Å². The zero-order chi connectivity index (χ0) is 16.2. The van der Waals surface area contributed by atoms with Gasteiger partial charge in [0.05, 0.1) is 0 Å². The first-order valence-electron chi connectivity index (χ1n) is 7.99. The molecule has 120 valence electrons. The van der Waals surface area contributed by atoms with Crippen molar-refractivity contribution in [2.75, 3.05) is 32.1 Å². The van der Waals surface area contributed by atoms with Gasteiger partial charge in [0.15, 0.2) is 0 Å². The SMILES string of the molecule is CN(C)c1cccc(C2CCN(C(=O)c3ccncc3)CC2)n1. The predicted octanol–water partition coefficient (Wildman–Crippen LogP) is 2.56. The van der Waals surface area contributed by atoms with Gasteiger partial charge in [0.25, 0.3) is 5.91 Å². The Morgan fingerprint density at radius 2 is 1.83 bits per heavy atom. The number of nitrogens with zero attached hydrogens (tertiary/aromatic N) is 4. The fraction of sp³-hybridized carbons (Fsp3) is 0.389. The number of carbonyl (C=O) groups is 1. The minimum Gasteiger partial charge on any atom is -0.363 e. The lowest BCUT2D eigenvalue weighted by molar-refractivity contribution is 0.0712.